The summed E-state index contributed by atoms with van der Waals surface area (Å²) in [6, 6.07) is 13.3. The number of hydrogen-bond donors (Lipinski definition) is 1. The minimum Gasteiger partial charge on any atom is -0.378 e. The number of aromatic nitrogens is 2. The molecule has 1 aromatic carbocycles. The minimum atomic E-state index is -0.475. The van der Waals surface area contributed by atoms with Gasteiger partial charge in [-0.2, -0.15) is 0 Å². The highest BCUT2D eigenvalue weighted by Gasteiger charge is 2.28. The molecule has 0 bridgehead atoms. The number of fused-ring (bicyclic) bond motifs is 3. The Balaban J connectivity index is 1.80. The minimum absolute atomic E-state index is 0.0406. The van der Waals surface area contributed by atoms with Crippen molar-refractivity contribution in [3.05, 3.63) is 59.9 Å². The van der Waals surface area contributed by atoms with Crippen LogP contribution in [-0.4, -0.2) is 41.1 Å². The maximum Gasteiger partial charge on any atom is 0.207 e. The van der Waals surface area contributed by atoms with Crippen LogP contribution in [0.3, 0.4) is 0 Å². The Morgan fingerprint density at radius 2 is 1.88 bits per heavy atom. The number of nitrogens with zero attached hydrogens (tertiary/aromatic N) is 4. The Kier molecular flexibility index (Phi) is 3.53. The standard InChI is InChI=1S/C19H19N5O/c1-12-17(25)16-19(21-15-6-4-5-11-24(15)16)22-18(20-12)13-7-9-14(10-8-13)23(2)3/h4-12H,1-3H3,(H,20,22)/t12-/m0/s1. The normalized spacial score (nSPS) is 16.8. The predicted octanol–water partition coefficient (Wildman–Crippen LogP) is 2.84. The molecule has 6 heteroatoms. The monoisotopic (exact) mass is 333 g/mol. The number of rotatable bonds is 2. The van der Waals surface area contributed by atoms with Gasteiger partial charge in [0.25, 0.3) is 0 Å². The molecule has 0 fully saturated rings. The summed E-state index contributed by atoms with van der Waals surface area (Å²) in [5.74, 6) is 1.17. The van der Waals surface area contributed by atoms with Crippen LogP contribution in [0.25, 0.3) is 5.65 Å². The van der Waals surface area contributed by atoms with Gasteiger partial charge in [-0.1, -0.05) is 6.07 Å². The zero-order valence-electron chi connectivity index (χ0n) is 14.4. The van der Waals surface area contributed by atoms with Gasteiger partial charge in [0.05, 0.1) is 0 Å². The average Bonchev–Trinajstić information content (AvgIpc) is 2.92. The second-order valence-corrected chi connectivity index (χ2v) is 6.32. The number of carbonyl (C=O) groups is 1. The van der Waals surface area contributed by atoms with Crippen molar-refractivity contribution in [2.24, 2.45) is 4.99 Å². The topological polar surface area (TPSA) is 62.0 Å². The zero-order valence-corrected chi connectivity index (χ0v) is 14.4. The predicted molar refractivity (Wildman–Crippen MR) is 99.9 cm³/mol. The molecule has 1 N–H and O–H groups in total. The van der Waals surface area contributed by atoms with E-state index in [-0.39, 0.29) is 5.78 Å². The molecular weight excluding hydrogens is 314 g/mol. The van der Waals surface area contributed by atoms with E-state index >= 15 is 0 Å². The lowest BCUT2D eigenvalue weighted by atomic mass is 10.1. The molecule has 0 radical (unpaired) electrons. The molecule has 6 nitrogen and oxygen atoms in total. The lowest BCUT2D eigenvalue weighted by Gasteiger charge is -2.13. The third-order valence-electron chi connectivity index (χ3n) is 4.36. The first kappa shape index (κ1) is 15.4. The molecule has 3 aromatic rings. The van der Waals surface area contributed by atoms with Gasteiger partial charge in [-0.25, -0.2) is 4.98 Å². The average molecular weight is 333 g/mol. The molecule has 25 heavy (non-hydrogen) atoms. The van der Waals surface area contributed by atoms with Crippen molar-refractivity contribution < 1.29 is 4.79 Å². The molecule has 1 aliphatic heterocycles. The van der Waals surface area contributed by atoms with Gasteiger partial charge in [-0.15, -0.1) is 0 Å². The number of benzene rings is 1. The summed E-state index contributed by atoms with van der Waals surface area (Å²) in [6.07, 6.45) is 1.85. The largest absolute Gasteiger partial charge is 0.378 e. The Labute approximate surface area is 145 Å². The summed E-state index contributed by atoms with van der Waals surface area (Å²) in [6.45, 7) is 1.82. The van der Waals surface area contributed by atoms with Crippen molar-refractivity contribution in [1.29, 1.82) is 0 Å². The van der Waals surface area contributed by atoms with Crippen molar-refractivity contribution in [2.75, 3.05) is 24.3 Å². The van der Waals surface area contributed by atoms with Crippen molar-refractivity contribution in [3.8, 4) is 0 Å². The molecule has 0 amide bonds. The van der Waals surface area contributed by atoms with E-state index in [1.54, 1.807) is 0 Å². The first-order valence-corrected chi connectivity index (χ1v) is 8.18. The zero-order chi connectivity index (χ0) is 17.6. The molecule has 4 rings (SSSR count). The Morgan fingerprint density at radius 3 is 2.60 bits per heavy atom. The van der Waals surface area contributed by atoms with Crippen molar-refractivity contribution >= 4 is 28.8 Å². The summed E-state index contributed by atoms with van der Waals surface area (Å²) in [4.78, 5) is 24.0. The second kappa shape index (κ2) is 5.73. The molecule has 3 heterocycles. The third-order valence-corrected chi connectivity index (χ3v) is 4.36. The van der Waals surface area contributed by atoms with Crippen molar-refractivity contribution in [3.63, 3.8) is 0 Å². The molecular formula is C19H19N5O. The van der Waals surface area contributed by atoms with Gasteiger partial charge in [0, 0.05) is 31.5 Å². The van der Waals surface area contributed by atoms with Gasteiger partial charge in [0.1, 0.15) is 23.2 Å². The van der Waals surface area contributed by atoms with Gasteiger partial charge < -0.3 is 10.2 Å². The van der Waals surface area contributed by atoms with Crippen LogP contribution in [0.1, 0.15) is 23.0 Å². The molecule has 0 saturated carbocycles. The number of anilines is 2. The van der Waals surface area contributed by atoms with E-state index in [4.69, 9.17) is 0 Å². The van der Waals surface area contributed by atoms with Crippen LogP contribution in [0.2, 0.25) is 0 Å². The summed E-state index contributed by atoms with van der Waals surface area (Å²) in [7, 11) is 4.00. The molecule has 2 aromatic heterocycles. The Morgan fingerprint density at radius 1 is 1.12 bits per heavy atom. The molecule has 0 spiro atoms. The molecule has 0 aliphatic carbocycles. The van der Waals surface area contributed by atoms with Gasteiger partial charge in [-0.3, -0.25) is 14.2 Å². The second-order valence-electron chi connectivity index (χ2n) is 6.32. The highest BCUT2D eigenvalue weighted by Crippen LogP contribution is 2.24. The number of aliphatic imine (C=N–C) groups is 1. The van der Waals surface area contributed by atoms with E-state index in [9.17, 15) is 4.79 Å². The van der Waals surface area contributed by atoms with Crippen LogP contribution < -0.4 is 10.2 Å². The molecule has 0 unspecified atom stereocenters. The van der Waals surface area contributed by atoms with Crippen molar-refractivity contribution in [1.82, 2.24) is 9.38 Å². The number of amidine groups is 1. The summed E-state index contributed by atoms with van der Waals surface area (Å²) >= 11 is 0. The Hall–Kier alpha value is -3.15. The van der Waals surface area contributed by atoms with E-state index in [0.29, 0.717) is 17.3 Å². The van der Waals surface area contributed by atoms with Crippen LogP contribution in [-0.2, 0) is 0 Å². The number of ketones is 1. The SMILES string of the molecule is C[C@@H]1N=C(c2ccc(N(C)C)cc2)Nc2nc3ccccn3c2C1=O. The lowest BCUT2D eigenvalue weighted by Crippen LogP contribution is -2.17. The molecule has 1 aliphatic rings. The van der Waals surface area contributed by atoms with Crippen LogP contribution in [0.5, 0.6) is 0 Å². The van der Waals surface area contributed by atoms with E-state index in [1.165, 1.54) is 0 Å². The molecule has 0 saturated heterocycles. The number of hydrogen-bond acceptors (Lipinski definition) is 5. The van der Waals surface area contributed by atoms with Crippen LogP contribution in [0.4, 0.5) is 11.5 Å². The highest BCUT2D eigenvalue weighted by atomic mass is 16.1. The van der Waals surface area contributed by atoms with E-state index in [0.717, 1.165) is 16.9 Å². The fourth-order valence-electron chi connectivity index (χ4n) is 2.98. The summed E-state index contributed by atoms with van der Waals surface area (Å²) in [5.41, 5.74) is 3.32. The van der Waals surface area contributed by atoms with Crippen LogP contribution in [0.15, 0.2) is 53.7 Å². The molecule has 1 atom stereocenters. The third kappa shape index (κ3) is 2.55. The number of imidazole rings is 1. The number of Topliss-reactive ketones (excluding diaryl/α,β-unsaturated/α-hetero) is 1. The maximum absolute atomic E-state index is 12.8. The first-order valence-electron chi connectivity index (χ1n) is 8.18. The Bertz CT molecular complexity index is 985. The fraction of sp³-hybridized carbons (Fsp3) is 0.211. The van der Waals surface area contributed by atoms with E-state index in [1.807, 2.05) is 79.0 Å². The fourth-order valence-corrected chi connectivity index (χ4v) is 2.98. The van der Waals surface area contributed by atoms with E-state index < -0.39 is 6.04 Å². The first-order chi connectivity index (χ1) is 12.0. The molecule has 126 valence electrons. The number of carbonyl (C=O) groups excluding carboxylic acids is 1. The van der Waals surface area contributed by atoms with Crippen LogP contribution in [0, 0.1) is 0 Å². The number of pyridine rings is 1. The number of nitrogens with one attached hydrogen (secondary N) is 1. The van der Waals surface area contributed by atoms with Gasteiger partial charge in [0.2, 0.25) is 5.78 Å². The van der Waals surface area contributed by atoms with E-state index in [2.05, 4.69) is 15.3 Å². The van der Waals surface area contributed by atoms with Gasteiger partial charge >= 0.3 is 0 Å². The van der Waals surface area contributed by atoms with Gasteiger partial charge in [0.15, 0.2) is 5.82 Å². The maximum atomic E-state index is 12.8. The van der Waals surface area contributed by atoms with Gasteiger partial charge in [-0.05, 0) is 43.3 Å². The summed E-state index contributed by atoms with van der Waals surface area (Å²) in [5, 5.41) is 3.26. The quantitative estimate of drug-likeness (QED) is 0.783. The summed E-state index contributed by atoms with van der Waals surface area (Å²) < 4.78 is 1.81. The smallest absolute Gasteiger partial charge is 0.207 e. The van der Waals surface area contributed by atoms with Crippen molar-refractivity contribution in [2.45, 2.75) is 13.0 Å². The highest BCUT2D eigenvalue weighted by molar-refractivity contribution is 6.15. The van der Waals surface area contributed by atoms with Crippen LogP contribution >= 0.6 is 0 Å². The lowest BCUT2D eigenvalue weighted by molar-refractivity contribution is 0.0965.